The lowest BCUT2D eigenvalue weighted by Crippen LogP contribution is -2.29. The van der Waals surface area contributed by atoms with Crippen molar-refractivity contribution in [3.8, 4) is 11.5 Å². The number of benzene rings is 2. The van der Waals surface area contributed by atoms with E-state index in [1.807, 2.05) is 36.4 Å². The van der Waals surface area contributed by atoms with Gasteiger partial charge in [0.1, 0.15) is 37.4 Å². The van der Waals surface area contributed by atoms with Crippen molar-refractivity contribution in [2.75, 3.05) is 25.7 Å². The Morgan fingerprint density at radius 1 is 0.811 bits per heavy atom. The molecule has 2 rings (SSSR count). The largest absolute Gasteiger partial charge is 0.490 e. The molecule has 0 spiro atoms. The van der Waals surface area contributed by atoms with Crippen molar-refractivity contribution in [1.29, 1.82) is 0 Å². The van der Waals surface area contributed by atoms with Crippen molar-refractivity contribution in [3.05, 3.63) is 57.2 Å². The van der Waals surface area contributed by atoms with Gasteiger partial charge in [-0.3, -0.25) is 14.4 Å². The van der Waals surface area contributed by atoms with Crippen molar-refractivity contribution in [2.24, 2.45) is 0 Å². The first kappa shape index (κ1) is 30.7. The standard InChI is InChI=1S/C27H32ClIO8/c1-17(30)33-15-24(37-19(3)32)16-34-22-9-6-20(7-10-22)27(4,5)21-8-11-26(25(29)12-21)35-14-23(13-28)36-18(2)31/h6-12,23-24H,13-16H2,1-5H3/t23-,24+/m1/s1. The summed E-state index contributed by atoms with van der Waals surface area (Å²) in [6, 6.07) is 13.6. The van der Waals surface area contributed by atoms with Gasteiger partial charge in [0, 0.05) is 26.2 Å². The maximum Gasteiger partial charge on any atom is 0.303 e. The Morgan fingerprint density at radius 2 is 1.38 bits per heavy atom. The number of halogens is 2. The minimum atomic E-state index is -0.700. The van der Waals surface area contributed by atoms with E-state index in [-0.39, 0.29) is 31.1 Å². The number of hydrogen-bond acceptors (Lipinski definition) is 8. The van der Waals surface area contributed by atoms with E-state index in [4.69, 9.17) is 35.3 Å². The Bertz CT molecular complexity index is 1070. The molecule has 0 saturated carbocycles. The summed E-state index contributed by atoms with van der Waals surface area (Å²) >= 11 is 8.07. The van der Waals surface area contributed by atoms with Crippen LogP contribution >= 0.6 is 34.2 Å². The van der Waals surface area contributed by atoms with Crippen molar-refractivity contribution in [2.45, 2.75) is 52.2 Å². The van der Waals surface area contributed by atoms with Gasteiger partial charge >= 0.3 is 17.9 Å². The summed E-state index contributed by atoms with van der Waals surface area (Å²) < 4.78 is 27.7. The number of ether oxygens (including phenoxy) is 5. The molecule has 0 aliphatic rings. The number of carbonyl (C=O) groups is 3. The minimum Gasteiger partial charge on any atom is -0.490 e. The van der Waals surface area contributed by atoms with Gasteiger partial charge in [0.05, 0.1) is 9.45 Å². The van der Waals surface area contributed by atoms with Crippen molar-refractivity contribution < 1.29 is 38.1 Å². The third-order valence-corrected chi connectivity index (χ3v) is 6.59. The predicted octanol–water partition coefficient (Wildman–Crippen LogP) is 5.04. The summed E-state index contributed by atoms with van der Waals surface area (Å²) in [5.41, 5.74) is 1.84. The van der Waals surface area contributed by atoms with Crippen LogP contribution in [0.25, 0.3) is 0 Å². The lowest BCUT2D eigenvalue weighted by Gasteiger charge is -2.27. The monoisotopic (exact) mass is 646 g/mol. The third kappa shape index (κ3) is 10.0. The molecule has 2 aromatic rings. The first-order valence-corrected chi connectivity index (χ1v) is 13.2. The molecular formula is C27H32ClIO8. The van der Waals surface area contributed by atoms with Crippen molar-refractivity contribution in [3.63, 3.8) is 0 Å². The molecular weight excluding hydrogens is 615 g/mol. The molecule has 0 heterocycles. The number of carbonyl (C=O) groups excluding carboxylic acids is 3. The molecule has 0 unspecified atom stereocenters. The number of hydrogen-bond donors (Lipinski definition) is 0. The molecule has 0 radical (unpaired) electrons. The Labute approximate surface area is 236 Å². The van der Waals surface area contributed by atoms with E-state index in [2.05, 4.69) is 42.5 Å². The zero-order chi connectivity index (χ0) is 27.6. The summed E-state index contributed by atoms with van der Waals surface area (Å²) in [6.07, 6.45) is -1.22. The fraction of sp³-hybridized carbons (Fsp3) is 0.444. The first-order valence-electron chi connectivity index (χ1n) is 11.6. The molecule has 2 atom stereocenters. The van der Waals surface area contributed by atoms with Gasteiger partial charge in [-0.25, -0.2) is 0 Å². The molecule has 0 amide bonds. The molecule has 0 saturated heterocycles. The van der Waals surface area contributed by atoms with E-state index in [0.717, 1.165) is 14.7 Å². The van der Waals surface area contributed by atoms with Gasteiger partial charge in [-0.15, -0.1) is 11.6 Å². The summed E-state index contributed by atoms with van der Waals surface area (Å²) in [5, 5.41) is 0. The highest BCUT2D eigenvalue weighted by atomic mass is 127. The highest BCUT2D eigenvalue weighted by molar-refractivity contribution is 14.1. The van der Waals surface area contributed by atoms with Crippen LogP contribution in [0.1, 0.15) is 45.7 Å². The molecule has 37 heavy (non-hydrogen) atoms. The van der Waals surface area contributed by atoms with E-state index in [1.54, 1.807) is 0 Å². The lowest BCUT2D eigenvalue weighted by molar-refractivity contribution is -0.158. The molecule has 10 heteroatoms. The smallest absolute Gasteiger partial charge is 0.303 e. The van der Waals surface area contributed by atoms with Crippen LogP contribution in [0.15, 0.2) is 42.5 Å². The average Bonchev–Trinajstić information content (AvgIpc) is 2.83. The van der Waals surface area contributed by atoms with Gasteiger partial charge in [-0.05, 0) is 58.0 Å². The van der Waals surface area contributed by atoms with Gasteiger partial charge in [0.25, 0.3) is 0 Å². The van der Waals surface area contributed by atoms with E-state index in [0.29, 0.717) is 11.5 Å². The number of esters is 3. The highest BCUT2D eigenvalue weighted by Gasteiger charge is 2.25. The van der Waals surface area contributed by atoms with E-state index < -0.39 is 30.1 Å². The molecule has 8 nitrogen and oxygen atoms in total. The molecule has 2 aromatic carbocycles. The van der Waals surface area contributed by atoms with Crippen LogP contribution in [0.4, 0.5) is 0 Å². The maximum atomic E-state index is 11.3. The molecule has 0 aromatic heterocycles. The summed E-state index contributed by atoms with van der Waals surface area (Å²) in [6.45, 7) is 8.30. The quantitative estimate of drug-likeness (QED) is 0.129. The third-order valence-electron chi connectivity index (χ3n) is 5.40. The van der Waals surface area contributed by atoms with Gasteiger partial charge in [0.15, 0.2) is 6.10 Å². The summed E-state index contributed by atoms with van der Waals surface area (Å²) in [5.74, 6) is 0.0921. The fourth-order valence-electron chi connectivity index (χ4n) is 3.42. The van der Waals surface area contributed by atoms with E-state index in [1.165, 1.54) is 20.8 Å². The van der Waals surface area contributed by atoms with Crippen molar-refractivity contribution >= 4 is 52.1 Å². The molecule has 0 fully saturated rings. The predicted molar refractivity (Wildman–Crippen MR) is 147 cm³/mol. The van der Waals surface area contributed by atoms with Crippen LogP contribution in [-0.2, 0) is 34.0 Å². The molecule has 0 N–H and O–H groups in total. The average molecular weight is 647 g/mol. The van der Waals surface area contributed by atoms with Gasteiger partial charge in [-0.1, -0.05) is 32.0 Å². The maximum absolute atomic E-state index is 11.3. The van der Waals surface area contributed by atoms with Crippen LogP contribution in [0, 0.1) is 3.57 Å². The van der Waals surface area contributed by atoms with Crippen LogP contribution in [-0.4, -0.2) is 55.8 Å². The van der Waals surface area contributed by atoms with Gasteiger partial charge < -0.3 is 23.7 Å². The summed E-state index contributed by atoms with van der Waals surface area (Å²) in [7, 11) is 0. The highest BCUT2D eigenvalue weighted by Crippen LogP contribution is 2.35. The normalized spacial score (nSPS) is 12.7. The number of rotatable bonds is 13. The van der Waals surface area contributed by atoms with Crippen molar-refractivity contribution in [1.82, 2.24) is 0 Å². The second kappa shape index (κ2) is 14.4. The Morgan fingerprint density at radius 3 is 1.92 bits per heavy atom. The first-order chi connectivity index (χ1) is 17.4. The summed E-state index contributed by atoms with van der Waals surface area (Å²) in [4.78, 5) is 33.6. The van der Waals surface area contributed by atoms with Gasteiger partial charge in [-0.2, -0.15) is 0 Å². The van der Waals surface area contributed by atoms with Crippen LogP contribution in [0.2, 0.25) is 0 Å². The van der Waals surface area contributed by atoms with Crippen LogP contribution in [0.5, 0.6) is 11.5 Å². The SMILES string of the molecule is CC(=O)OC[C@@H](COc1ccc(C(C)(C)c2ccc(OC[C@@H](CCl)OC(C)=O)c(I)c2)cc1)OC(C)=O. The number of alkyl halides is 1. The van der Waals surface area contributed by atoms with Gasteiger partial charge in [0.2, 0.25) is 0 Å². The second-order valence-corrected chi connectivity index (χ2v) is 10.3. The molecule has 0 aliphatic carbocycles. The van der Waals surface area contributed by atoms with E-state index >= 15 is 0 Å². The second-order valence-electron chi connectivity index (χ2n) is 8.84. The zero-order valence-corrected chi connectivity index (χ0v) is 24.5. The lowest BCUT2D eigenvalue weighted by atomic mass is 9.78. The van der Waals surface area contributed by atoms with E-state index in [9.17, 15) is 14.4 Å². The minimum absolute atomic E-state index is 0.0529. The van der Waals surface area contributed by atoms with Crippen LogP contribution in [0.3, 0.4) is 0 Å². The Hall–Kier alpha value is -2.53. The molecule has 0 bridgehead atoms. The molecule has 202 valence electrons. The Kier molecular flexibility index (Phi) is 12.0. The molecule has 0 aliphatic heterocycles. The van der Waals surface area contributed by atoms with Crippen LogP contribution < -0.4 is 9.47 Å². The topological polar surface area (TPSA) is 97.4 Å². The zero-order valence-electron chi connectivity index (χ0n) is 21.5. The fourth-order valence-corrected chi connectivity index (χ4v) is 4.24. The Balaban J connectivity index is 2.06.